The monoisotopic (exact) mass is 561 g/mol. The van der Waals surface area contributed by atoms with Gasteiger partial charge in [0.05, 0.1) is 22.8 Å². The first kappa shape index (κ1) is 26.3. The topological polar surface area (TPSA) is 116 Å². The van der Waals surface area contributed by atoms with Gasteiger partial charge in [-0.3, -0.25) is 14.9 Å². The zero-order valence-corrected chi connectivity index (χ0v) is 21.4. The number of furan rings is 1. The molecule has 0 fully saturated rings. The van der Waals surface area contributed by atoms with Gasteiger partial charge in [-0.2, -0.15) is 5.10 Å². The molecular weight excluding hydrogens is 545 g/mol. The lowest BCUT2D eigenvalue weighted by atomic mass is 10.2. The number of benzene rings is 3. The second-order valence-electron chi connectivity index (χ2n) is 7.58. The number of halogens is 3. The Balaban J connectivity index is 1.47. The first-order chi connectivity index (χ1) is 17.7. The van der Waals surface area contributed by atoms with Crippen molar-refractivity contribution in [2.24, 2.45) is 5.10 Å². The number of nitro benzene ring substituents is 1. The van der Waals surface area contributed by atoms with E-state index in [1.165, 1.54) is 30.5 Å². The third-order valence-electron chi connectivity index (χ3n) is 5.03. The van der Waals surface area contributed by atoms with Crippen LogP contribution in [0, 0.1) is 10.1 Å². The molecule has 190 valence electrons. The molecule has 1 amide bonds. The Bertz CT molecular complexity index is 1520. The van der Waals surface area contributed by atoms with Crippen LogP contribution < -0.4 is 14.9 Å². The highest BCUT2D eigenvalue weighted by molar-refractivity contribution is 6.35. The standard InChI is InChI=1S/C25H18Cl3N3O6/c1-2-35-22-8-14(7-20(28)24(22)36-13-15-3-4-17(26)11-19(15)27)12-29-30-25(32)23-10-16-9-18(31(33)34)5-6-21(16)37-23/h3-12H,2,13H2,1H3,(H,30,32)/b29-12+. The Morgan fingerprint density at radius 1 is 1.08 bits per heavy atom. The Morgan fingerprint density at radius 2 is 1.89 bits per heavy atom. The lowest BCUT2D eigenvalue weighted by Crippen LogP contribution is -2.16. The summed E-state index contributed by atoms with van der Waals surface area (Å²) in [6.45, 7) is 2.31. The van der Waals surface area contributed by atoms with Gasteiger partial charge in [0.2, 0.25) is 0 Å². The van der Waals surface area contributed by atoms with Crippen LogP contribution >= 0.6 is 34.8 Å². The fourth-order valence-electron chi connectivity index (χ4n) is 3.33. The number of carbonyl (C=O) groups excluding carboxylic acids is 1. The van der Waals surface area contributed by atoms with Crippen molar-refractivity contribution in [3.05, 3.63) is 96.7 Å². The smallest absolute Gasteiger partial charge is 0.307 e. The molecule has 0 saturated heterocycles. The van der Waals surface area contributed by atoms with Gasteiger partial charge in [-0.1, -0.05) is 40.9 Å². The normalized spacial score (nSPS) is 11.1. The predicted molar refractivity (Wildman–Crippen MR) is 141 cm³/mol. The highest BCUT2D eigenvalue weighted by atomic mass is 35.5. The number of nitrogens with one attached hydrogen (secondary N) is 1. The molecule has 0 atom stereocenters. The van der Waals surface area contributed by atoms with Crippen LogP contribution in [0.25, 0.3) is 11.0 Å². The molecular formula is C25H18Cl3N3O6. The zero-order valence-electron chi connectivity index (χ0n) is 19.2. The van der Waals surface area contributed by atoms with E-state index in [1.807, 2.05) is 6.92 Å². The van der Waals surface area contributed by atoms with Gasteiger partial charge in [-0.05, 0) is 48.9 Å². The minimum atomic E-state index is -0.633. The Kier molecular flexibility index (Phi) is 8.17. The highest BCUT2D eigenvalue weighted by Crippen LogP contribution is 2.37. The van der Waals surface area contributed by atoms with Crippen LogP contribution in [0.3, 0.4) is 0 Å². The molecule has 37 heavy (non-hydrogen) atoms. The third-order valence-corrected chi connectivity index (χ3v) is 5.90. The summed E-state index contributed by atoms with van der Waals surface area (Å²) in [5, 5.41) is 16.5. The summed E-state index contributed by atoms with van der Waals surface area (Å²) in [5.41, 5.74) is 3.83. The average Bonchev–Trinajstić information content (AvgIpc) is 3.28. The van der Waals surface area contributed by atoms with Gasteiger partial charge >= 0.3 is 5.91 Å². The largest absolute Gasteiger partial charge is 0.490 e. The van der Waals surface area contributed by atoms with E-state index in [0.717, 1.165) is 5.56 Å². The van der Waals surface area contributed by atoms with Gasteiger partial charge in [0.25, 0.3) is 5.69 Å². The first-order valence-electron chi connectivity index (χ1n) is 10.8. The van der Waals surface area contributed by atoms with Crippen molar-refractivity contribution >= 4 is 63.6 Å². The Labute approximate surface area is 225 Å². The molecule has 0 spiro atoms. The number of carbonyl (C=O) groups is 1. The van der Waals surface area contributed by atoms with E-state index in [-0.39, 0.29) is 23.1 Å². The van der Waals surface area contributed by atoms with Gasteiger partial charge in [0.1, 0.15) is 12.2 Å². The number of ether oxygens (including phenoxy) is 2. The fraction of sp³-hybridized carbons (Fsp3) is 0.120. The Hall–Kier alpha value is -3.79. The van der Waals surface area contributed by atoms with E-state index in [4.69, 9.17) is 48.7 Å². The van der Waals surface area contributed by atoms with Crippen LogP contribution in [0.5, 0.6) is 11.5 Å². The van der Waals surface area contributed by atoms with Gasteiger partial charge < -0.3 is 13.9 Å². The van der Waals surface area contributed by atoms with Gasteiger partial charge in [-0.25, -0.2) is 5.43 Å². The number of hydrazone groups is 1. The number of hydrogen-bond donors (Lipinski definition) is 1. The van der Waals surface area contributed by atoms with Crippen molar-refractivity contribution in [1.29, 1.82) is 0 Å². The molecule has 1 heterocycles. The molecule has 0 aliphatic heterocycles. The van der Waals surface area contributed by atoms with Crippen LogP contribution in [0.1, 0.15) is 28.6 Å². The minimum Gasteiger partial charge on any atom is -0.490 e. The van der Waals surface area contributed by atoms with E-state index in [1.54, 1.807) is 30.3 Å². The summed E-state index contributed by atoms with van der Waals surface area (Å²) in [6, 6.07) is 13.8. The van der Waals surface area contributed by atoms with E-state index < -0.39 is 10.8 Å². The average molecular weight is 563 g/mol. The number of rotatable bonds is 9. The fourth-order valence-corrected chi connectivity index (χ4v) is 4.07. The Morgan fingerprint density at radius 3 is 2.62 bits per heavy atom. The number of nitro groups is 1. The van der Waals surface area contributed by atoms with E-state index in [2.05, 4.69) is 10.5 Å². The van der Waals surface area contributed by atoms with Gasteiger partial charge in [0.15, 0.2) is 17.3 Å². The van der Waals surface area contributed by atoms with Crippen LogP contribution in [0.4, 0.5) is 5.69 Å². The number of non-ortho nitro benzene ring substituents is 1. The first-order valence-corrected chi connectivity index (χ1v) is 11.9. The van der Waals surface area contributed by atoms with Crippen LogP contribution in [0.15, 0.2) is 64.1 Å². The van der Waals surface area contributed by atoms with E-state index >= 15 is 0 Å². The summed E-state index contributed by atoms with van der Waals surface area (Å²) >= 11 is 18.6. The highest BCUT2D eigenvalue weighted by Gasteiger charge is 2.16. The molecule has 12 heteroatoms. The quantitative estimate of drug-likeness (QED) is 0.133. The van der Waals surface area contributed by atoms with Crippen molar-refractivity contribution < 1.29 is 23.6 Å². The molecule has 3 aromatic carbocycles. The molecule has 4 rings (SSSR count). The van der Waals surface area contributed by atoms with Crippen LogP contribution in [-0.2, 0) is 6.61 Å². The molecule has 0 unspecified atom stereocenters. The number of amides is 1. The lowest BCUT2D eigenvalue weighted by molar-refractivity contribution is -0.384. The number of nitrogens with zero attached hydrogens (tertiary/aromatic N) is 2. The van der Waals surface area contributed by atoms with Crippen molar-refractivity contribution in [2.45, 2.75) is 13.5 Å². The molecule has 1 N–H and O–H groups in total. The molecule has 0 aliphatic rings. The molecule has 0 aliphatic carbocycles. The minimum absolute atomic E-state index is 0.0507. The van der Waals surface area contributed by atoms with Crippen molar-refractivity contribution in [3.8, 4) is 11.5 Å². The van der Waals surface area contributed by atoms with Crippen molar-refractivity contribution in [2.75, 3.05) is 6.61 Å². The second-order valence-corrected chi connectivity index (χ2v) is 8.83. The maximum atomic E-state index is 12.4. The molecule has 1 aromatic heterocycles. The maximum absolute atomic E-state index is 12.4. The van der Waals surface area contributed by atoms with Crippen molar-refractivity contribution in [1.82, 2.24) is 5.43 Å². The summed E-state index contributed by atoms with van der Waals surface area (Å²) in [7, 11) is 0. The van der Waals surface area contributed by atoms with E-state index in [9.17, 15) is 14.9 Å². The lowest BCUT2D eigenvalue weighted by Gasteiger charge is -2.15. The van der Waals surface area contributed by atoms with Gasteiger partial charge in [-0.15, -0.1) is 0 Å². The predicted octanol–water partition coefficient (Wildman–Crippen LogP) is 7.04. The molecule has 9 nitrogen and oxygen atoms in total. The number of hydrogen-bond acceptors (Lipinski definition) is 7. The number of fused-ring (bicyclic) bond motifs is 1. The molecule has 4 aromatic rings. The van der Waals surface area contributed by atoms with E-state index in [0.29, 0.717) is 44.7 Å². The molecule has 0 bridgehead atoms. The third kappa shape index (κ3) is 6.32. The zero-order chi connectivity index (χ0) is 26.5. The van der Waals surface area contributed by atoms with Gasteiger partial charge in [0, 0.05) is 33.1 Å². The van der Waals surface area contributed by atoms with Crippen molar-refractivity contribution in [3.63, 3.8) is 0 Å². The second kappa shape index (κ2) is 11.5. The van der Waals surface area contributed by atoms with Crippen LogP contribution in [0.2, 0.25) is 15.1 Å². The molecule has 0 radical (unpaired) electrons. The van der Waals surface area contributed by atoms with Crippen LogP contribution in [-0.4, -0.2) is 23.7 Å². The summed E-state index contributed by atoms with van der Waals surface area (Å²) in [5.74, 6) is 0.0233. The summed E-state index contributed by atoms with van der Waals surface area (Å²) in [6.07, 6.45) is 1.37. The summed E-state index contributed by atoms with van der Waals surface area (Å²) in [4.78, 5) is 22.9. The molecule has 0 saturated carbocycles. The SMILES string of the molecule is CCOc1cc(/C=N/NC(=O)c2cc3cc([N+](=O)[O-])ccc3o2)cc(Cl)c1OCc1ccc(Cl)cc1Cl. The summed E-state index contributed by atoms with van der Waals surface area (Å²) < 4.78 is 17.0. The maximum Gasteiger partial charge on any atom is 0.307 e.